The zero-order valence-electron chi connectivity index (χ0n) is 10.9. The summed E-state index contributed by atoms with van der Waals surface area (Å²) in [6, 6.07) is 7.83. The number of carbonyl (C=O) groups excluding carboxylic acids is 1. The molecular weight excluding hydrogens is 240 g/mol. The van der Waals surface area contributed by atoms with Crippen molar-refractivity contribution in [2.75, 3.05) is 10.6 Å². The predicted octanol–water partition coefficient (Wildman–Crippen LogP) is 2.61. The fraction of sp³-hybridized carbons (Fsp3) is 0.214. The highest BCUT2D eigenvalue weighted by molar-refractivity contribution is 5.88. The Labute approximate surface area is 112 Å². The molecule has 0 saturated heterocycles. The number of hydrogen-bond acceptors (Lipinski definition) is 4. The van der Waals surface area contributed by atoms with Crippen molar-refractivity contribution in [1.82, 2.24) is 9.97 Å². The second-order valence-corrected chi connectivity index (χ2v) is 4.30. The Balaban J connectivity index is 2.10. The number of hydrogen-bond donors (Lipinski definition) is 2. The predicted molar refractivity (Wildman–Crippen MR) is 74.8 cm³/mol. The first-order chi connectivity index (χ1) is 9.15. The van der Waals surface area contributed by atoms with Crippen LogP contribution in [0.2, 0.25) is 0 Å². The number of aromatic nitrogens is 2. The van der Waals surface area contributed by atoms with Gasteiger partial charge in [-0.2, -0.15) is 0 Å². The molecule has 1 atom stereocenters. The molecule has 5 heteroatoms. The van der Waals surface area contributed by atoms with Crippen LogP contribution < -0.4 is 10.6 Å². The Morgan fingerprint density at radius 1 is 1.21 bits per heavy atom. The first-order valence-corrected chi connectivity index (χ1v) is 6.04. The maximum Gasteiger partial charge on any atom is 0.221 e. The third-order valence-corrected chi connectivity index (χ3v) is 2.65. The van der Waals surface area contributed by atoms with Crippen LogP contribution in [0.25, 0.3) is 0 Å². The van der Waals surface area contributed by atoms with Crippen molar-refractivity contribution in [3.63, 3.8) is 0 Å². The molecule has 0 fully saturated rings. The van der Waals surface area contributed by atoms with Crippen molar-refractivity contribution in [3.8, 4) is 0 Å². The van der Waals surface area contributed by atoms with Gasteiger partial charge in [-0.15, -0.1) is 0 Å². The first-order valence-electron chi connectivity index (χ1n) is 6.04. The van der Waals surface area contributed by atoms with Gasteiger partial charge in [-0.05, 0) is 24.6 Å². The highest BCUT2D eigenvalue weighted by atomic mass is 16.1. The SMILES string of the molecule is CC(=O)Nc1cccc(C(C)Nc2cncnc2)c1. The molecule has 0 radical (unpaired) electrons. The summed E-state index contributed by atoms with van der Waals surface area (Å²) in [6.45, 7) is 3.54. The number of nitrogens with zero attached hydrogens (tertiary/aromatic N) is 2. The molecule has 98 valence electrons. The van der Waals surface area contributed by atoms with Crippen molar-refractivity contribution in [3.05, 3.63) is 48.5 Å². The summed E-state index contributed by atoms with van der Waals surface area (Å²) in [5.74, 6) is -0.0748. The lowest BCUT2D eigenvalue weighted by Crippen LogP contribution is -2.09. The molecule has 1 unspecified atom stereocenters. The lowest BCUT2D eigenvalue weighted by molar-refractivity contribution is -0.114. The Kier molecular flexibility index (Phi) is 4.07. The number of benzene rings is 1. The topological polar surface area (TPSA) is 66.9 Å². The highest BCUT2D eigenvalue weighted by Gasteiger charge is 2.06. The molecular formula is C14H16N4O. The van der Waals surface area contributed by atoms with Gasteiger partial charge in [0.05, 0.1) is 18.1 Å². The fourth-order valence-electron chi connectivity index (χ4n) is 1.80. The summed E-state index contributed by atoms with van der Waals surface area (Å²) >= 11 is 0. The van der Waals surface area contributed by atoms with E-state index in [1.165, 1.54) is 13.3 Å². The lowest BCUT2D eigenvalue weighted by atomic mass is 10.1. The smallest absolute Gasteiger partial charge is 0.221 e. The minimum Gasteiger partial charge on any atom is -0.376 e. The molecule has 1 aromatic carbocycles. The van der Waals surface area contributed by atoms with Gasteiger partial charge in [-0.1, -0.05) is 12.1 Å². The van der Waals surface area contributed by atoms with Crippen molar-refractivity contribution < 1.29 is 4.79 Å². The van der Waals surface area contributed by atoms with E-state index < -0.39 is 0 Å². The van der Waals surface area contributed by atoms with Crippen LogP contribution in [0.15, 0.2) is 43.0 Å². The molecule has 2 N–H and O–H groups in total. The van der Waals surface area contributed by atoms with Crippen LogP contribution in [0, 0.1) is 0 Å². The van der Waals surface area contributed by atoms with E-state index in [1.54, 1.807) is 12.4 Å². The fourth-order valence-corrected chi connectivity index (χ4v) is 1.80. The maximum absolute atomic E-state index is 11.0. The third kappa shape index (κ3) is 3.77. The van der Waals surface area contributed by atoms with Crippen molar-refractivity contribution in [1.29, 1.82) is 0 Å². The van der Waals surface area contributed by atoms with Crippen molar-refractivity contribution in [2.24, 2.45) is 0 Å². The molecule has 0 spiro atoms. The van der Waals surface area contributed by atoms with Gasteiger partial charge in [0.2, 0.25) is 5.91 Å². The van der Waals surface area contributed by atoms with Crippen LogP contribution in [0.5, 0.6) is 0 Å². The minimum atomic E-state index is -0.0748. The average molecular weight is 256 g/mol. The summed E-state index contributed by atoms with van der Waals surface area (Å²) in [6.07, 6.45) is 4.94. The first kappa shape index (κ1) is 13.0. The van der Waals surface area contributed by atoms with Crippen LogP contribution in [0.4, 0.5) is 11.4 Å². The van der Waals surface area contributed by atoms with E-state index in [-0.39, 0.29) is 11.9 Å². The Morgan fingerprint density at radius 2 is 1.95 bits per heavy atom. The molecule has 0 saturated carbocycles. The maximum atomic E-state index is 11.0. The van der Waals surface area contributed by atoms with Gasteiger partial charge < -0.3 is 10.6 Å². The monoisotopic (exact) mass is 256 g/mol. The van der Waals surface area contributed by atoms with Crippen molar-refractivity contribution >= 4 is 17.3 Å². The molecule has 1 amide bonds. The number of amides is 1. The van der Waals surface area contributed by atoms with Gasteiger partial charge in [0.1, 0.15) is 6.33 Å². The van der Waals surface area contributed by atoms with Gasteiger partial charge in [-0.3, -0.25) is 4.79 Å². The standard InChI is InChI=1S/C14H16N4O/c1-10(17-14-7-15-9-16-8-14)12-4-3-5-13(6-12)18-11(2)19/h3-10,17H,1-2H3,(H,18,19). The van der Waals surface area contributed by atoms with Gasteiger partial charge >= 0.3 is 0 Å². The van der Waals surface area contributed by atoms with Crippen LogP contribution in [-0.4, -0.2) is 15.9 Å². The normalized spacial score (nSPS) is 11.7. The summed E-state index contributed by atoms with van der Waals surface area (Å²) in [7, 11) is 0. The summed E-state index contributed by atoms with van der Waals surface area (Å²) in [5.41, 5.74) is 2.73. The van der Waals surface area contributed by atoms with Crippen LogP contribution in [-0.2, 0) is 4.79 Å². The van der Waals surface area contributed by atoms with Gasteiger partial charge in [0, 0.05) is 18.7 Å². The zero-order chi connectivity index (χ0) is 13.7. The van der Waals surface area contributed by atoms with Crippen LogP contribution >= 0.6 is 0 Å². The summed E-state index contributed by atoms with van der Waals surface area (Å²) in [5, 5.41) is 6.07. The van der Waals surface area contributed by atoms with Crippen LogP contribution in [0.1, 0.15) is 25.5 Å². The second kappa shape index (κ2) is 5.95. The Morgan fingerprint density at radius 3 is 2.63 bits per heavy atom. The second-order valence-electron chi connectivity index (χ2n) is 4.30. The Bertz CT molecular complexity index is 556. The number of carbonyl (C=O) groups is 1. The average Bonchev–Trinajstić information content (AvgIpc) is 2.39. The zero-order valence-corrected chi connectivity index (χ0v) is 10.9. The minimum absolute atomic E-state index is 0.0748. The number of rotatable bonds is 4. The van der Waals surface area contributed by atoms with E-state index in [1.807, 2.05) is 31.2 Å². The van der Waals surface area contributed by atoms with Gasteiger partial charge in [0.25, 0.3) is 0 Å². The molecule has 0 aliphatic carbocycles. The molecule has 0 bridgehead atoms. The molecule has 2 rings (SSSR count). The molecule has 1 heterocycles. The van der Waals surface area contributed by atoms with E-state index >= 15 is 0 Å². The van der Waals surface area contributed by atoms with E-state index in [9.17, 15) is 4.79 Å². The van der Waals surface area contributed by atoms with E-state index in [2.05, 4.69) is 20.6 Å². The van der Waals surface area contributed by atoms with Gasteiger partial charge in [0.15, 0.2) is 0 Å². The largest absolute Gasteiger partial charge is 0.376 e. The molecule has 0 aliphatic rings. The third-order valence-electron chi connectivity index (χ3n) is 2.65. The molecule has 19 heavy (non-hydrogen) atoms. The highest BCUT2D eigenvalue weighted by Crippen LogP contribution is 2.20. The Hall–Kier alpha value is -2.43. The quantitative estimate of drug-likeness (QED) is 0.882. The van der Waals surface area contributed by atoms with Crippen molar-refractivity contribution in [2.45, 2.75) is 19.9 Å². The number of nitrogens with one attached hydrogen (secondary N) is 2. The van der Waals surface area contributed by atoms with Crippen LogP contribution in [0.3, 0.4) is 0 Å². The molecule has 5 nitrogen and oxygen atoms in total. The summed E-state index contributed by atoms with van der Waals surface area (Å²) < 4.78 is 0. The van der Waals surface area contributed by atoms with E-state index in [4.69, 9.17) is 0 Å². The lowest BCUT2D eigenvalue weighted by Gasteiger charge is -2.16. The van der Waals surface area contributed by atoms with E-state index in [0.717, 1.165) is 16.9 Å². The molecule has 2 aromatic rings. The number of anilines is 2. The van der Waals surface area contributed by atoms with Gasteiger partial charge in [-0.25, -0.2) is 9.97 Å². The summed E-state index contributed by atoms with van der Waals surface area (Å²) in [4.78, 5) is 19.0. The molecule has 0 aliphatic heterocycles. The van der Waals surface area contributed by atoms with E-state index in [0.29, 0.717) is 0 Å². The molecule has 1 aromatic heterocycles.